The highest BCUT2D eigenvalue weighted by Crippen LogP contribution is 2.17. The molecule has 0 spiro atoms. The third kappa shape index (κ3) is 4.09. The predicted molar refractivity (Wildman–Crippen MR) is 72.4 cm³/mol. The lowest BCUT2D eigenvalue weighted by Gasteiger charge is -2.23. The molecule has 108 valence electrons. The van der Waals surface area contributed by atoms with Crippen molar-refractivity contribution in [3.63, 3.8) is 0 Å². The lowest BCUT2D eigenvalue weighted by molar-refractivity contribution is -0.113. The quantitative estimate of drug-likeness (QED) is 0.792. The van der Waals surface area contributed by atoms with Gasteiger partial charge < -0.3 is 16.0 Å². The van der Waals surface area contributed by atoms with Crippen LogP contribution in [0.25, 0.3) is 0 Å². The van der Waals surface area contributed by atoms with Gasteiger partial charge in [-0.05, 0) is 18.6 Å². The summed E-state index contributed by atoms with van der Waals surface area (Å²) in [5, 5.41) is 7.48. The lowest BCUT2D eigenvalue weighted by Crippen LogP contribution is -2.48. The van der Waals surface area contributed by atoms with E-state index in [9.17, 15) is 18.4 Å². The standard InChI is InChI=1S/C12H13F2N3O2S/c13-7-1-2-9(8(14)5-7)16-10(18)6-20-11-3-4-15-12(19)17-11/h1-2,5,11H,3-4,6H2,(H,16,18)(H2,15,17,19). The summed E-state index contributed by atoms with van der Waals surface area (Å²) >= 11 is 1.26. The lowest BCUT2D eigenvalue weighted by atomic mass is 10.3. The zero-order valence-electron chi connectivity index (χ0n) is 10.4. The maximum atomic E-state index is 13.3. The summed E-state index contributed by atoms with van der Waals surface area (Å²) in [5.41, 5.74) is -0.0636. The zero-order valence-corrected chi connectivity index (χ0v) is 11.2. The molecule has 1 heterocycles. The van der Waals surface area contributed by atoms with Gasteiger partial charge in [0.15, 0.2) is 0 Å². The van der Waals surface area contributed by atoms with Crippen molar-refractivity contribution in [1.82, 2.24) is 10.6 Å². The van der Waals surface area contributed by atoms with Gasteiger partial charge in [0.1, 0.15) is 11.6 Å². The molecule has 20 heavy (non-hydrogen) atoms. The molecule has 1 aliphatic heterocycles. The number of halogens is 2. The molecule has 0 aliphatic carbocycles. The molecule has 1 unspecified atom stereocenters. The van der Waals surface area contributed by atoms with Gasteiger partial charge in [-0.25, -0.2) is 13.6 Å². The largest absolute Gasteiger partial charge is 0.338 e. The Bertz CT molecular complexity index is 527. The second kappa shape index (κ2) is 6.56. The van der Waals surface area contributed by atoms with Gasteiger partial charge in [-0.2, -0.15) is 0 Å². The maximum absolute atomic E-state index is 13.3. The maximum Gasteiger partial charge on any atom is 0.315 e. The molecule has 1 aliphatic rings. The fourth-order valence-corrected chi connectivity index (χ4v) is 2.56. The summed E-state index contributed by atoms with van der Waals surface area (Å²) in [4.78, 5) is 22.7. The Morgan fingerprint density at radius 1 is 1.45 bits per heavy atom. The van der Waals surface area contributed by atoms with Gasteiger partial charge in [0.25, 0.3) is 0 Å². The van der Waals surface area contributed by atoms with E-state index in [1.54, 1.807) is 0 Å². The van der Waals surface area contributed by atoms with Gasteiger partial charge in [0, 0.05) is 12.6 Å². The van der Waals surface area contributed by atoms with Crippen LogP contribution in [0, 0.1) is 11.6 Å². The molecule has 3 N–H and O–H groups in total. The first-order chi connectivity index (χ1) is 9.54. The number of hydrogen-bond acceptors (Lipinski definition) is 3. The van der Waals surface area contributed by atoms with Gasteiger partial charge in [0.2, 0.25) is 5.91 Å². The Hall–Kier alpha value is -1.83. The Labute approximate surface area is 118 Å². The van der Waals surface area contributed by atoms with Crippen molar-refractivity contribution in [3.05, 3.63) is 29.8 Å². The van der Waals surface area contributed by atoms with Gasteiger partial charge in [0.05, 0.1) is 16.8 Å². The fraction of sp³-hybridized carbons (Fsp3) is 0.333. The van der Waals surface area contributed by atoms with Crippen LogP contribution in [0.5, 0.6) is 0 Å². The molecule has 0 aromatic heterocycles. The van der Waals surface area contributed by atoms with Crippen molar-refractivity contribution in [2.45, 2.75) is 11.8 Å². The number of benzene rings is 1. The molecule has 0 bridgehead atoms. The van der Waals surface area contributed by atoms with E-state index in [-0.39, 0.29) is 22.8 Å². The molecule has 1 aromatic rings. The van der Waals surface area contributed by atoms with Crippen molar-refractivity contribution in [2.24, 2.45) is 0 Å². The van der Waals surface area contributed by atoms with Crippen molar-refractivity contribution < 1.29 is 18.4 Å². The molecule has 0 saturated carbocycles. The minimum atomic E-state index is -0.821. The highest BCUT2D eigenvalue weighted by Gasteiger charge is 2.19. The molecule has 2 rings (SSSR count). The van der Waals surface area contributed by atoms with Gasteiger partial charge in [-0.3, -0.25) is 4.79 Å². The van der Waals surface area contributed by atoms with Crippen molar-refractivity contribution in [2.75, 3.05) is 17.6 Å². The summed E-state index contributed by atoms with van der Waals surface area (Å²) in [7, 11) is 0. The average molecular weight is 301 g/mol. The monoisotopic (exact) mass is 301 g/mol. The van der Waals surface area contributed by atoms with Crippen molar-refractivity contribution >= 4 is 29.4 Å². The molecule has 1 atom stereocenters. The Morgan fingerprint density at radius 2 is 2.25 bits per heavy atom. The van der Waals surface area contributed by atoms with Gasteiger partial charge in [-0.15, -0.1) is 11.8 Å². The third-order valence-electron chi connectivity index (χ3n) is 2.60. The highest BCUT2D eigenvalue weighted by atomic mass is 32.2. The minimum Gasteiger partial charge on any atom is -0.338 e. The van der Waals surface area contributed by atoms with Crippen LogP contribution >= 0.6 is 11.8 Å². The van der Waals surface area contributed by atoms with E-state index >= 15 is 0 Å². The number of anilines is 1. The van der Waals surface area contributed by atoms with E-state index in [4.69, 9.17) is 0 Å². The smallest absolute Gasteiger partial charge is 0.315 e. The number of urea groups is 1. The SMILES string of the molecule is O=C(CSC1CCNC(=O)N1)Nc1ccc(F)cc1F. The predicted octanol–water partition coefficient (Wildman–Crippen LogP) is 1.67. The van der Waals surface area contributed by atoms with Crippen LogP contribution in [0.2, 0.25) is 0 Å². The zero-order chi connectivity index (χ0) is 14.5. The molecule has 1 fully saturated rings. The van der Waals surface area contributed by atoms with Crippen LogP contribution in [0.3, 0.4) is 0 Å². The first-order valence-corrected chi connectivity index (χ1v) is 7.00. The highest BCUT2D eigenvalue weighted by molar-refractivity contribution is 8.00. The number of nitrogens with one attached hydrogen (secondary N) is 3. The summed E-state index contributed by atoms with van der Waals surface area (Å²) in [6.07, 6.45) is 0.703. The van der Waals surface area contributed by atoms with Crippen LogP contribution in [0.15, 0.2) is 18.2 Å². The Balaban J connectivity index is 1.81. The average Bonchev–Trinajstić information content (AvgIpc) is 2.40. The summed E-state index contributed by atoms with van der Waals surface area (Å²) in [5.74, 6) is -1.86. The van der Waals surface area contributed by atoms with Crippen LogP contribution in [-0.2, 0) is 4.79 Å². The fourth-order valence-electron chi connectivity index (χ4n) is 1.66. The van der Waals surface area contributed by atoms with E-state index in [2.05, 4.69) is 16.0 Å². The van der Waals surface area contributed by atoms with Crippen LogP contribution in [0.1, 0.15) is 6.42 Å². The first-order valence-electron chi connectivity index (χ1n) is 5.95. The van der Waals surface area contributed by atoms with E-state index in [1.807, 2.05) is 0 Å². The topological polar surface area (TPSA) is 70.2 Å². The summed E-state index contributed by atoms with van der Waals surface area (Å²) < 4.78 is 26.0. The molecular weight excluding hydrogens is 288 g/mol. The number of thioether (sulfide) groups is 1. The number of rotatable bonds is 4. The van der Waals surface area contributed by atoms with E-state index < -0.39 is 17.5 Å². The third-order valence-corrected chi connectivity index (χ3v) is 3.79. The van der Waals surface area contributed by atoms with Crippen LogP contribution < -0.4 is 16.0 Å². The first kappa shape index (κ1) is 14.6. The van der Waals surface area contributed by atoms with Gasteiger partial charge in [-0.1, -0.05) is 0 Å². The Morgan fingerprint density at radius 3 is 2.95 bits per heavy atom. The van der Waals surface area contributed by atoms with Crippen LogP contribution in [0.4, 0.5) is 19.3 Å². The molecular formula is C12H13F2N3O2S. The van der Waals surface area contributed by atoms with Crippen LogP contribution in [-0.4, -0.2) is 29.6 Å². The molecule has 0 radical (unpaired) electrons. The second-order valence-electron chi connectivity index (χ2n) is 4.16. The second-order valence-corrected chi connectivity index (χ2v) is 5.35. The van der Waals surface area contributed by atoms with Gasteiger partial charge >= 0.3 is 6.03 Å². The molecule has 1 saturated heterocycles. The van der Waals surface area contributed by atoms with Crippen molar-refractivity contribution in [1.29, 1.82) is 0 Å². The normalized spacial score (nSPS) is 18.1. The number of carbonyl (C=O) groups excluding carboxylic acids is 2. The van der Waals surface area contributed by atoms with E-state index in [0.29, 0.717) is 19.0 Å². The Kier molecular flexibility index (Phi) is 4.78. The van der Waals surface area contributed by atoms with E-state index in [1.165, 1.54) is 17.8 Å². The molecule has 8 heteroatoms. The molecule has 3 amide bonds. The van der Waals surface area contributed by atoms with E-state index in [0.717, 1.165) is 6.07 Å². The number of hydrogen-bond donors (Lipinski definition) is 3. The summed E-state index contributed by atoms with van der Waals surface area (Å²) in [6, 6.07) is 2.67. The molecule has 5 nitrogen and oxygen atoms in total. The molecule has 1 aromatic carbocycles. The van der Waals surface area contributed by atoms with Crippen molar-refractivity contribution in [3.8, 4) is 0 Å². The number of carbonyl (C=O) groups is 2. The summed E-state index contributed by atoms with van der Waals surface area (Å²) in [6.45, 7) is 0.553. The minimum absolute atomic E-state index is 0.0636. The number of amides is 3.